The predicted octanol–water partition coefficient (Wildman–Crippen LogP) is 1.85. The fourth-order valence-electron chi connectivity index (χ4n) is 1.97. The van der Waals surface area contributed by atoms with E-state index in [0.717, 1.165) is 11.1 Å². The van der Waals surface area contributed by atoms with Crippen LogP contribution >= 0.6 is 0 Å². The van der Waals surface area contributed by atoms with Gasteiger partial charge in [-0.2, -0.15) is 5.26 Å². The number of pyridine rings is 1. The predicted molar refractivity (Wildman–Crippen MR) is 67.6 cm³/mol. The highest BCUT2D eigenvalue weighted by Crippen LogP contribution is 2.26. The van der Waals surface area contributed by atoms with Gasteiger partial charge in [0.15, 0.2) is 0 Å². The Balaban J connectivity index is 2.34. The van der Waals surface area contributed by atoms with Crippen LogP contribution < -0.4 is 5.73 Å². The maximum absolute atomic E-state index is 9.12. The molecule has 0 amide bonds. The van der Waals surface area contributed by atoms with E-state index < -0.39 is 0 Å². The Bertz CT molecular complexity index is 766. The Hall–Kier alpha value is -2.87. The van der Waals surface area contributed by atoms with E-state index in [0.29, 0.717) is 11.4 Å². The van der Waals surface area contributed by atoms with Crippen molar-refractivity contribution in [3.63, 3.8) is 0 Å². The number of nitrogens with zero attached hydrogens (tertiary/aromatic N) is 4. The van der Waals surface area contributed by atoms with Crippen LogP contribution in [-0.4, -0.2) is 14.4 Å². The molecule has 0 radical (unpaired) electrons. The first-order valence-corrected chi connectivity index (χ1v) is 5.38. The summed E-state index contributed by atoms with van der Waals surface area (Å²) in [4.78, 5) is 8.05. The maximum Gasteiger partial charge on any atom is 0.220 e. The van der Waals surface area contributed by atoms with Crippen LogP contribution in [0.4, 0.5) is 5.95 Å². The van der Waals surface area contributed by atoms with E-state index in [9.17, 15) is 0 Å². The lowest BCUT2D eigenvalue weighted by atomic mass is 10.2. The molecular formula is C13H9N5. The van der Waals surface area contributed by atoms with Crippen molar-refractivity contribution in [2.75, 3.05) is 5.73 Å². The van der Waals surface area contributed by atoms with Crippen LogP contribution in [-0.2, 0) is 0 Å². The third kappa shape index (κ3) is 1.48. The van der Waals surface area contributed by atoms with E-state index in [-0.39, 0.29) is 5.95 Å². The van der Waals surface area contributed by atoms with Gasteiger partial charge in [-0.05, 0) is 24.3 Å². The minimum absolute atomic E-state index is 0.223. The molecule has 0 unspecified atom stereocenters. The van der Waals surface area contributed by atoms with Crippen LogP contribution in [0.3, 0.4) is 0 Å². The zero-order valence-corrected chi connectivity index (χ0v) is 9.41. The van der Waals surface area contributed by atoms with Gasteiger partial charge in [0, 0.05) is 18.0 Å². The van der Waals surface area contributed by atoms with Gasteiger partial charge in [-0.1, -0.05) is 6.07 Å². The normalized spacial score (nSPS) is 10.4. The molecule has 0 aromatic carbocycles. The fraction of sp³-hybridized carbons (Fsp3) is 0. The van der Waals surface area contributed by atoms with Gasteiger partial charge in [0.25, 0.3) is 0 Å². The average molecular weight is 235 g/mol. The van der Waals surface area contributed by atoms with Gasteiger partial charge in [0.2, 0.25) is 5.95 Å². The second kappa shape index (κ2) is 3.86. The quantitative estimate of drug-likeness (QED) is 0.698. The van der Waals surface area contributed by atoms with E-state index >= 15 is 0 Å². The molecule has 5 nitrogen and oxygen atoms in total. The molecule has 0 saturated heterocycles. The number of aromatic nitrogens is 3. The highest BCUT2D eigenvalue weighted by Gasteiger charge is 2.11. The molecule has 2 N–H and O–H groups in total. The molecule has 0 saturated carbocycles. The van der Waals surface area contributed by atoms with Crippen molar-refractivity contribution in [3.8, 4) is 17.3 Å². The Kier molecular flexibility index (Phi) is 2.21. The zero-order valence-electron chi connectivity index (χ0n) is 9.41. The van der Waals surface area contributed by atoms with Gasteiger partial charge < -0.3 is 10.1 Å². The lowest BCUT2D eigenvalue weighted by Crippen LogP contribution is -1.94. The molecule has 0 bridgehead atoms. The molecule has 18 heavy (non-hydrogen) atoms. The first kappa shape index (κ1) is 10.3. The molecule has 0 atom stereocenters. The van der Waals surface area contributed by atoms with Gasteiger partial charge >= 0.3 is 0 Å². The van der Waals surface area contributed by atoms with Crippen molar-refractivity contribution in [1.82, 2.24) is 14.4 Å². The highest BCUT2D eigenvalue weighted by molar-refractivity contribution is 5.81. The van der Waals surface area contributed by atoms with Gasteiger partial charge in [-0.15, -0.1) is 0 Å². The van der Waals surface area contributed by atoms with Gasteiger partial charge in [0.05, 0.1) is 11.2 Å². The summed E-state index contributed by atoms with van der Waals surface area (Å²) < 4.78 is 1.83. The zero-order chi connectivity index (χ0) is 12.5. The van der Waals surface area contributed by atoms with Gasteiger partial charge in [0.1, 0.15) is 11.8 Å². The number of hydrogen-bond acceptors (Lipinski definition) is 4. The number of nitrogens with two attached hydrogens (primary N) is 1. The fourth-order valence-corrected chi connectivity index (χ4v) is 1.97. The molecule has 0 aliphatic heterocycles. The third-order valence-electron chi connectivity index (χ3n) is 2.74. The number of nitrogen functional groups attached to an aromatic ring is 1. The van der Waals surface area contributed by atoms with Crippen LogP contribution in [0.25, 0.3) is 16.8 Å². The maximum atomic E-state index is 9.12. The number of anilines is 1. The summed E-state index contributed by atoms with van der Waals surface area (Å²) >= 11 is 0. The van der Waals surface area contributed by atoms with Crippen molar-refractivity contribution >= 4 is 11.5 Å². The Morgan fingerprint density at radius 1 is 1.28 bits per heavy atom. The molecule has 3 aromatic heterocycles. The van der Waals surface area contributed by atoms with E-state index in [1.165, 1.54) is 0 Å². The summed E-state index contributed by atoms with van der Waals surface area (Å²) in [6, 6.07) is 11.5. The molecule has 3 aromatic rings. The molecule has 0 fully saturated rings. The molecule has 3 rings (SSSR count). The summed E-state index contributed by atoms with van der Waals surface area (Å²) in [5.41, 5.74) is 8.67. The first-order chi connectivity index (χ1) is 8.79. The van der Waals surface area contributed by atoms with Crippen molar-refractivity contribution in [1.29, 1.82) is 5.26 Å². The summed E-state index contributed by atoms with van der Waals surface area (Å²) in [6.45, 7) is 0. The molecule has 3 heterocycles. The van der Waals surface area contributed by atoms with Crippen molar-refractivity contribution in [2.24, 2.45) is 0 Å². The largest absolute Gasteiger partial charge is 0.368 e. The van der Waals surface area contributed by atoms with E-state index in [4.69, 9.17) is 11.0 Å². The lowest BCUT2D eigenvalue weighted by Gasteiger charge is -2.00. The van der Waals surface area contributed by atoms with Crippen molar-refractivity contribution in [3.05, 3.63) is 48.4 Å². The number of fused-ring (bicyclic) bond motifs is 1. The van der Waals surface area contributed by atoms with Crippen LogP contribution in [0.15, 0.2) is 42.7 Å². The summed E-state index contributed by atoms with van der Waals surface area (Å²) in [7, 11) is 0. The van der Waals surface area contributed by atoms with Crippen LogP contribution in [0, 0.1) is 11.3 Å². The topological polar surface area (TPSA) is 80.0 Å². The van der Waals surface area contributed by atoms with Crippen molar-refractivity contribution in [2.45, 2.75) is 0 Å². The molecule has 5 heteroatoms. The summed E-state index contributed by atoms with van der Waals surface area (Å²) in [5, 5.41) is 9.12. The summed E-state index contributed by atoms with van der Waals surface area (Å²) in [6.07, 6.45) is 3.46. The average Bonchev–Trinajstić information content (AvgIpc) is 2.77. The van der Waals surface area contributed by atoms with Crippen LogP contribution in [0.1, 0.15) is 5.69 Å². The first-order valence-electron chi connectivity index (χ1n) is 5.38. The SMILES string of the molecule is N#Cc1cc(-c2ccnc(N)n2)c2ccccn12. The second-order valence-corrected chi connectivity index (χ2v) is 3.81. The molecular weight excluding hydrogens is 226 g/mol. The van der Waals surface area contributed by atoms with E-state index in [1.807, 2.05) is 28.8 Å². The van der Waals surface area contributed by atoms with Crippen LogP contribution in [0.2, 0.25) is 0 Å². The molecule has 86 valence electrons. The third-order valence-corrected chi connectivity index (χ3v) is 2.74. The number of nitriles is 1. The Morgan fingerprint density at radius 2 is 2.17 bits per heavy atom. The minimum atomic E-state index is 0.223. The van der Waals surface area contributed by atoms with E-state index in [2.05, 4.69) is 16.0 Å². The number of hydrogen-bond donors (Lipinski definition) is 1. The minimum Gasteiger partial charge on any atom is -0.368 e. The molecule has 0 aliphatic carbocycles. The van der Waals surface area contributed by atoms with Crippen LogP contribution in [0.5, 0.6) is 0 Å². The second-order valence-electron chi connectivity index (χ2n) is 3.81. The monoisotopic (exact) mass is 235 g/mol. The Morgan fingerprint density at radius 3 is 2.94 bits per heavy atom. The standard InChI is InChI=1S/C13H9N5/c14-8-9-7-10(11-4-5-16-13(15)17-11)12-3-1-2-6-18(9)12/h1-7H,(H2,15,16,17). The molecule has 0 aliphatic rings. The number of rotatable bonds is 1. The van der Waals surface area contributed by atoms with Gasteiger partial charge in [-0.3, -0.25) is 0 Å². The lowest BCUT2D eigenvalue weighted by molar-refractivity contribution is 1.16. The summed E-state index contributed by atoms with van der Waals surface area (Å²) in [5.74, 6) is 0.223. The Labute approximate surface area is 103 Å². The smallest absolute Gasteiger partial charge is 0.220 e. The van der Waals surface area contributed by atoms with E-state index in [1.54, 1.807) is 18.3 Å². The highest BCUT2D eigenvalue weighted by atomic mass is 15.0. The van der Waals surface area contributed by atoms with Gasteiger partial charge in [-0.25, -0.2) is 9.97 Å². The molecule has 0 spiro atoms. The van der Waals surface area contributed by atoms with Crippen molar-refractivity contribution < 1.29 is 0 Å².